The molecule has 112 valence electrons. The van der Waals surface area contributed by atoms with Gasteiger partial charge in [0.1, 0.15) is 0 Å². The van der Waals surface area contributed by atoms with Crippen LogP contribution in [0.5, 0.6) is 0 Å². The summed E-state index contributed by atoms with van der Waals surface area (Å²) in [7, 11) is 0. The van der Waals surface area contributed by atoms with Crippen LogP contribution in [0, 0.1) is 12.8 Å². The monoisotopic (exact) mass is 286 g/mol. The van der Waals surface area contributed by atoms with Crippen LogP contribution in [-0.2, 0) is 6.54 Å². The summed E-state index contributed by atoms with van der Waals surface area (Å²) in [6.45, 7) is 6.88. The first-order valence-corrected chi connectivity index (χ1v) is 7.49. The van der Waals surface area contributed by atoms with Crippen LogP contribution in [-0.4, -0.2) is 34.2 Å². The first kappa shape index (κ1) is 14.2. The summed E-state index contributed by atoms with van der Waals surface area (Å²) in [6, 6.07) is 8.33. The summed E-state index contributed by atoms with van der Waals surface area (Å²) in [5.74, 6) is 1.84. The molecule has 1 aliphatic heterocycles. The smallest absolute Gasteiger partial charge is 0.247 e. The molecule has 2 atom stereocenters. The quantitative estimate of drug-likeness (QED) is 0.937. The summed E-state index contributed by atoms with van der Waals surface area (Å²) in [5, 5.41) is 8.31. The predicted octanol–water partition coefficient (Wildman–Crippen LogP) is 2.21. The van der Waals surface area contributed by atoms with E-state index in [0.717, 1.165) is 25.1 Å². The molecular formula is C16H22N4O. The second-order valence-corrected chi connectivity index (χ2v) is 6.04. The number of hydrogen-bond acceptors (Lipinski definition) is 5. The number of aryl methyl sites for hydroxylation is 1. The SMILES string of the molecule is Cc1cccc(-c2nnc(CN3CCC(C)C(N)C3)o2)c1. The van der Waals surface area contributed by atoms with Gasteiger partial charge in [-0.3, -0.25) is 4.90 Å². The van der Waals surface area contributed by atoms with E-state index in [2.05, 4.69) is 41.1 Å². The van der Waals surface area contributed by atoms with E-state index in [9.17, 15) is 0 Å². The van der Waals surface area contributed by atoms with Gasteiger partial charge >= 0.3 is 0 Å². The maximum Gasteiger partial charge on any atom is 0.247 e. The van der Waals surface area contributed by atoms with Crippen LogP contribution in [0.2, 0.25) is 0 Å². The molecule has 1 aromatic carbocycles. The molecule has 3 rings (SSSR count). The van der Waals surface area contributed by atoms with Crippen molar-refractivity contribution in [1.29, 1.82) is 0 Å². The van der Waals surface area contributed by atoms with Crippen molar-refractivity contribution in [2.45, 2.75) is 32.9 Å². The molecule has 21 heavy (non-hydrogen) atoms. The average molecular weight is 286 g/mol. The fourth-order valence-corrected chi connectivity index (χ4v) is 2.72. The van der Waals surface area contributed by atoms with Gasteiger partial charge in [-0.2, -0.15) is 0 Å². The number of hydrogen-bond donors (Lipinski definition) is 1. The molecule has 1 saturated heterocycles. The highest BCUT2D eigenvalue weighted by Gasteiger charge is 2.24. The van der Waals surface area contributed by atoms with Gasteiger partial charge in [-0.05, 0) is 37.9 Å². The minimum atomic E-state index is 0.234. The zero-order valence-electron chi connectivity index (χ0n) is 12.6. The summed E-state index contributed by atoms with van der Waals surface area (Å²) >= 11 is 0. The summed E-state index contributed by atoms with van der Waals surface area (Å²) < 4.78 is 5.78. The third-order valence-corrected chi connectivity index (χ3v) is 4.19. The lowest BCUT2D eigenvalue weighted by Crippen LogP contribution is -2.47. The normalized spacial score (nSPS) is 23.4. The molecule has 5 heteroatoms. The lowest BCUT2D eigenvalue weighted by molar-refractivity contribution is 0.150. The van der Waals surface area contributed by atoms with Gasteiger partial charge in [-0.25, -0.2) is 0 Å². The molecule has 5 nitrogen and oxygen atoms in total. The van der Waals surface area contributed by atoms with Crippen molar-refractivity contribution in [2.24, 2.45) is 11.7 Å². The summed E-state index contributed by atoms with van der Waals surface area (Å²) in [5.41, 5.74) is 8.28. The van der Waals surface area contributed by atoms with Crippen molar-refractivity contribution in [3.8, 4) is 11.5 Å². The third kappa shape index (κ3) is 3.31. The summed E-state index contributed by atoms with van der Waals surface area (Å²) in [6.07, 6.45) is 1.13. The van der Waals surface area contributed by atoms with Gasteiger partial charge in [0.15, 0.2) is 0 Å². The Morgan fingerprint density at radius 1 is 1.38 bits per heavy atom. The van der Waals surface area contributed by atoms with E-state index in [-0.39, 0.29) is 6.04 Å². The predicted molar refractivity (Wildman–Crippen MR) is 81.5 cm³/mol. The summed E-state index contributed by atoms with van der Waals surface area (Å²) in [4.78, 5) is 2.29. The number of likely N-dealkylation sites (tertiary alicyclic amines) is 1. The highest BCUT2D eigenvalue weighted by Crippen LogP contribution is 2.21. The Morgan fingerprint density at radius 3 is 3.00 bits per heavy atom. The molecule has 0 radical (unpaired) electrons. The fourth-order valence-electron chi connectivity index (χ4n) is 2.72. The Bertz CT molecular complexity index is 610. The molecule has 2 N–H and O–H groups in total. The van der Waals surface area contributed by atoms with E-state index in [1.165, 1.54) is 5.56 Å². The topological polar surface area (TPSA) is 68.2 Å². The second kappa shape index (κ2) is 5.95. The molecule has 1 aromatic heterocycles. The zero-order valence-corrected chi connectivity index (χ0v) is 12.6. The fraction of sp³-hybridized carbons (Fsp3) is 0.500. The molecular weight excluding hydrogens is 264 g/mol. The van der Waals surface area contributed by atoms with Crippen LogP contribution in [0.15, 0.2) is 28.7 Å². The number of nitrogens with two attached hydrogens (primary N) is 1. The Labute approximate surface area is 125 Å². The maximum atomic E-state index is 6.13. The number of piperidine rings is 1. The van der Waals surface area contributed by atoms with Gasteiger partial charge < -0.3 is 10.2 Å². The lowest BCUT2D eigenvalue weighted by atomic mass is 9.94. The largest absolute Gasteiger partial charge is 0.419 e. The Morgan fingerprint density at radius 2 is 2.24 bits per heavy atom. The second-order valence-electron chi connectivity index (χ2n) is 6.04. The minimum Gasteiger partial charge on any atom is -0.419 e. The molecule has 2 unspecified atom stereocenters. The Kier molecular flexibility index (Phi) is 4.03. The first-order chi connectivity index (χ1) is 10.1. The van der Waals surface area contributed by atoms with Gasteiger partial charge in [0, 0.05) is 18.2 Å². The highest BCUT2D eigenvalue weighted by atomic mass is 16.4. The van der Waals surface area contributed by atoms with Crippen molar-refractivity contribution >= 4 is 0 Å². The van der Waals surface area contributed by atoms with Crippen LogP contribution in [0.25, 0.3) is 11.5 Å². The van der Waals surface area contributed by atoms with E-state index >= 15 is 0 Å². The van der Waals surface area contributed by atoms with Gasteiger partial charge in [0.2, 0.25) is 11.8 Å². The molecule has 0 amide bonds. The van der Waals surface area contributed by atoms with Crippen LogP contribution in [0.4, 0.5) is 0 Å². The standard InChI is InChI=1S/C16H22N4O/c1-11-4-3-5-13(8-11)16-19-18-15(21-16)10-20-7-6-12(2)14(17)9-20/h3-5,8,12,14H,6-7,9-10,17H2,1-2H3. The number of nitrogens with zero attached hydrogens (tertiary/aromatic N) is 3. The van der Waals surface area contributed by atoms with Gasteiger partial charge in [-0.1, -0.05) is 24.6 Å². The van der Waals surface area contributed by atoms with Crippen LogP contribution in [0.3, 0.4) is 0 Å². The molecule has 0 bridgehead atoms. The van der Waals surface area contributed by atoms with Crippen LogP contribution < -0.4 is 5.73 Å². The molecule has 1 aliphatic rings. The average Bonchev–Trinajstić information content (AvgIpc) is 2.91. The number of aromatic nitrogens is 2. The van der Waals surface area contributed by atoms with E-state index in [1.54, 1.807) is 0 Å². The van der Waals surface area contributed by atoms with Crippen molar-refractivity contribution < 1.29 is 4.42 Å². The molecule has 0 saturated carbocycles. The van der Waals surface area contributed by atoms with E-state index < -0.39 is 0 Å². The third-order valence-electron chi connectivity index (χ3n) is 4.19. The van der Waals surface area contributed by atoms with Crippen molar-refractivity contribution in [1.82, 2.24) is 15.1 Å². The van der Waals surface area contributed by atoms with Gasteiger partial charge in [0.05, 0.1) is 6.54 Å². The molecule has 1 fully saturated rings. The van der Waals surface area contributed by atoms with Crippen LogP contribution in [0.1, 0.15) is 24.8 Å². The van der Waals surface area contributed by atoms with E-state index in [4.69, 9.17) is 10.2 Å². The Balaban J connectivity index is 1.68. The maximum absolute atomic E-state index is 6.13. The molecule has 2 heterocycles. The minimum absolute atomic E-state index is 0.234. The first-order valence-electron chi connectivity index (χ1n) is 7.49. The highest BCUT2D eigenvalue weighted by molar-refractivity contribution is 5.53. The lowest BCUT2D eigenvalue weighted by Gasteiger charge is -2.34. The van der Waals surface area contributed by atoms with Crippen molar-refractivity contribution in [3.63, 3.8) is 0 Å². The van der Waals surface area contributed by atoms with Crippen molar-refractivity contribution in [3.05, 3.63) is 35.7 Å². The Hall–Kier alpha value is -1.72. The van der Waals surface area contributed by atoms with Crippen LogP contribution >= 0.6 is 0 Å². The van der Waals surface area contributed by atoms with E-state index in [1.807, 2.05) is 12.1 Å². The van der Waals surface area contributed by atoms with Crippen molar-refractivity contribution in [2.75, 3.05) is 13.1 Å². The molecule has 0 aliphatic carbocycles. The molecule has 2 aromatic rings. The molecule has 0 spiro atoms. The number of rotatable bonds is 3. The number of benzene rings is 1. The van der Waals surface area contributed by atoms with Gasteiger partial charge in [-0.15, -0.1) is 10.2 Å². The van der Waals surface area contributed by atoms with Gasteiger partial charge in [0.25, 0.3) is 0 Å². The van der Waals surface area contributed by atoms with E-state index in [0.29, 0.717) is 24.2 Å². The zero-order chi connectivity index (χ0) is 14.8.